The van der Waals surface area contributed by atoms with E-state index in [4.69, 9.17) is 0 Å². The minimum atomic E-state index is -0.971. The number of carboxylic acid groups (broad SMARTS) is 1. The lowest BCUT2D eigenvalue weighted by Gasteiger charge is -2.19. The molecule has 0 bridgehead atoms. The number of carbonyl (C=O) groups is 2. The number of anilines is 1. The van der Waals surface area contributed by atoms with Gasteiger partial charge in [-0.15, -0.1) is 0 Å². The van der Waals surface area contributed by atoms with Gasteiger partial charge in [0.05, 0.1) is 11.1 Å². The van der Waals surface area contributed by atoms with Crippen LogP contribution in [0.2, 0.25) is 0 Å². The third-order valence-corrected chi connectivity index (χ3v) is 3.63. The van der Waals surface area contributed by atoms with Crippen LogP contribution in [0.5, 0.6) is 0 Å². The molecule has 0 unspecified atom stereocenters. The highest BCUT2D eigenvalue weighted by Gasteiger charge is 2.29. The molecule has 0 aliphatic rings. The second-order valence-corrected chi connectivity index (χ2v) is 5.76. The molecule has 0 radical (unpaired) electrons. The van der Waals surface area contributed by atoms with Crippen LogP contribution in [0.4, 0.5) is 5.69 Å². The first-order valence-electron chi connectivity index (χ1n) is 6.87. The smallest absolute Gasteiger partial charge is 0.313 e. The highest BCUT2D eigenvalue weighted by molar-refractivity contribution is 6.03. The monoisotopic (exact) mass is 301 g/mol. The molecule has 0 saturated heterocycles. The van der Waals surface area contributed by atoms with E-state index in [1.165, 1.54) is 4.68 Å². The van der Waals surface area contributed by atoms with Crippen LogP contribution < -0.4 is 5.32 Å². The summed E-state index contributed by atoms with van der Waals surface area (Å²) >= 11 is 0. The summed E-state index contributed by atoms with van der Waals surface area (Å²) in [6.07, 6.45) is 0. The number of nitrogens with one attached hydrogen (secondary N) is 1. The second-order valence-electron chi connectivity index (χ2n) is 5.76. The van der Waals surface area contributed by atoms with E-state index in [9.17, 15) is 14.7 Å². The number of carboxylic acids is 1. The second kappa shape index (κ2) is 5.63. The summed E-state index contributed by atoms with van der Waals surface area (Å²) in [5.41, 5.74) is 1.55. The van der Waals surface area contributed by atoms with Gasteiger partial charge in [0.2, 0.25) is 0 Å². The standard InChI is InChI=1S/C16H19N3O3/c1-10-9-13(19(4)18-10)14(20)17-12-7-5-11(6-8-12)16(2,3)15(21)22/h5-9H,1-4H3,(H,17,20)(H,21,22). The van der Waals surface area contributed by atoms with Gasteiger partial charge in [0, 0.05) is 12.7 Å². The molecule has 1 heterocycles. The summed E-state index contributed by atoms with van der Waals surface area (Å²) in [6, 6.07) is 8.51. The number of aryl methyl sites for hydroxylation is 2. The van der Waals surface area contributed by atoms with Crippen molar-refractivity contribution in [2.24, 2.45) is 7.05 Å². The molecule has 1 amide bonds. The van der Waals surface area contributed by atoms with E-state index in [1.54, 1.807) is 51.2 Å². The van der Waals surface area contributed by atoms with Gasteiger partial charge in [0.25, 0.3) is 5.91 Å². The number of rotatable bonds is 4. The van der Waals surface area contributed by atoms with E-state index in [2.05, 4.69) is 10.4 Å². The van der Waals surface area contributed by atoms with Crippen LogP contribution >= 0.6 is 0 Å². The Balaban J connectivity index is 2.17. The summed E-state index contributed by atoms with van der Waals surface area (Å²) in [7, 11) is 1.71. The molecule has 0 atom stereocenters. The average Bonchev–Trinajstić information content (AvgIpc) is 2.78. The van der Waals surface area contributed by atoms with Gasteiger partial charge in [0.1, 0.15) is 5.69 Å². The van der Waals surface area contributed by atoms with Crippen LogP contribution in [0.25, 0.3) is 0 Å². The summed E-state index contributed by atoms with van der Waals surface area (Å²) in [6.45, 7) is 5.10. The van der Waals surface area contributed by atoms with Gasteiger partial charge in [-0.1, -0.05) is 12.1 Å². The van der Waals surface area contributed by atoms with Crippen LogP contribution in [0.15, 0.2) is 30.3 Å². The van der Waals surface area contributed by atoms with E-state index < -0.39 is 11.4 Å². The van der Waals surface area contributed by atoms with E-state index in [0.717, 1.165) is 5.69 Å². The largest absolute Gasteiger partial charge is 0.481 e. The first kappa shape index (κ1) is 15.8. The molecule has 0 aliphatic heterocycles. The number of nitrogens with zero attached hydrogens (tertiary/aromatic N) is 2. The molecule has 0 spiro atoms. The lowest BCUT2D eigenvalue weighted by molar-refractivity contribution is -0.142. The Morgan fingerprint density at radius 2 is 1.82 bits per heavy atom. The minimum absolute atomic E-state index is 0.256. The Morgan fingerprint density at radius 3 is 2.27 bits per heavy atom. The predicted octanol–water partition coefficient (Wildman–Crippen LogP) is 2.34. The predicted molar refractivity (Wildman–Crippen MR) is 83.0 cm³/mol. The van der Waals surface area contributed by atoms with E-state index in [0.29, 0.717) is 16.9 Å². The van der Waals surface area contributed by atoms with Crippen molar-refractivity contribution in [3.05, 3.63) is 47.3 Å². The number of benzene rings is 1. The molecular weight excluding hydrogens is 282 g/mol. The molecule has 22 heavy (non-hydrogen) atoms. The third-order valence-electron chi connectivity index (χ3n) is 3.63. The van der Waals surface area contributed by atoms with Gasteiger partial charge in [-0.3, -0.25) is 14.3 Å². The quantitative estimate of drug-likeness (QED) is 0.908. The lowest BCUT2D eigenvalue weighted by Crippen LogP contribution is -2.28. The Hall–Kier alpha value is -2.63. The zero-order chi connectivity index (χ0) is 16.5. The molecule has 2 N–H and O–H groups in total. The third kappa shape index (κ3) is 3.00. The Bertz CT molecular complexity index is 715. The van der Waals surface area contributed by atoms with Crippen molar-refractivity contribution in [2.75, 3.05) is 5.32 Å². The summed E-state index contributed by atoms with van der Waals surface area (Å²) in [5, 5.41) is 16.1. The maximum absolute atomic E-state index is 12.2. The zero-order valence-electron chi connectivity index (χ0n) is 13.0. The Kier molecular flexibility index (Phi) is 4.03. The number of amides is 1. The van der Waals surface area contributed by atoms with Crippen molar-refractivity contribution < 1.29 is 14.7 Å². The first-order valence-corrected chi connectivity index (χ1v) is 6.87. The normalized spacial score (nSPS) is 11.3. The van der Waals surface area contributed by atoms with E-state index >= 15 is 0 Å². The summed E-state index contributed by atoms with van der Waals surface area (Å²) in [4.78, 5) is 23.4. The summed E-state index contributed by atoms with van der Waals surface area (Å²) < 4.78 is 1.52. The molecule has 2 rings (SSSR count). The Labute approximate surface area is 128 Å². The van der Waals surface area contributed by atoms with Gasteiger partial charge in [0.15, 0.2) is 0 Å². The first-order chi connectivity index (χ1) is 10.2. The maximum atomic E-state index is 12.2. The van der Waals surface area contributed by atoms with Crippen LogP contribution in [0, 0.1) is 6.92 Å². The molecular formula is C16H19N3O3. The topological polar surface area (TPSA) is 84.2 Å². The number of hydrogen-bond acceptors (Lipinski definition) is 3. The molecule has 0 saturated carbocycles. The molecule has 6 nitrogen and oxygen atoms in total. The van der Waals surface area contributed by atoms with Gasteiger partial charge in [-0.25, -0.2) is 0 Å². The van der Waals surface area contributed by atoms with Crippen LogP contribution in [0.1, 0.15) is 35.6 Å². The lowest BCUT2D eigenvalue weighted by atomic mass is 9.85. The van der Waals surface area contributed by atoms with Crippen molar-refractivity contribution >= 4 is 17.6 Å². The fraction of sp³-hybridized carbons (Fsp3) is 0.312. The molecule has 0 fully saturated rings. The highest BCUT2D eigenvalue weighted by atomic mass is 16.4. The van der Waals surface area contributed by atoms with Crippen molar-refractivity contribution in [2.45, 2.75) is 26.2 Å². The summed E-state index contributed by atoms with van der Waals surface area (Å²) in [5.74, 6) is -1.15. The SMILES string of the molecule is Cc1cc(C(=O)Nc2ccc(C(C)(C)C(=O)O)cc2)n(C)n1. The maximum Gasteiger partial charge on any atom is 0.313 e. The molecule has 1 aromatic heterocycles. The minimum Gasteiger partial charge on any atom is -0.481 e. The van der Waals surface area contributed by atoms with Crippen molar-refractivity contribution in [1.82, 2.24) is 9.78 Å². The zero-order valence-corrected chi connectivity index (χ0v) is 13.0. The number of aliphatic carboxylic acids is 1. The molecule has 0 aliphatic carbocycles. The fourth-order valence-electron chi connectivity index (χ4n) is 2.11. The molecule has 1 aromatic carbocycles. The van der Waals surface area contributed by atoms with E-state index in [-0.39, 0.29) is 5.91 Å². The van der Waals surface area contributed by atoms with Crippen LogP contribution in [-0.4, -0.2) is 26.8 Å². The fourth-order valence-corrected chi connectivity index (χ4v) is 2.11. The van der Waals surface area contributed by atoms with Gasteiger partial charge in [-0.2, -0.15) is 5.10 Å². The van der Waals surface area contributed by atoms with Crippen molar-refractivity contribution in [3.63, 3.8) is 0 Å². The number of carbonyl (C=O) groups excluding carboxylic acids is 1. The number of aromatic nitrogens is 2. The van der Waals surface area contributed by atoms with Crippen molar-refractivity contribution in [1.29, 1.82) is 0 Å². The van der Waals surface area contributed by atoms with E-state index in [1.807, 2.05) is 6.92 Å². The Morgan fingerprint density at radius 1 is 1.23 bits per heavy atom. The van der Waals surface area contributed by atoms with Crippen molar-refractivity contribution in [3.8, 4) is 0 Å². The molecule has 116 valence electrons. The number of hydrogen-bond donors (Lipinski definition) is 2. The van der Waals surface area contributed by atoms with Gasteiger partial charge >= 0.3 is 5.97 Å². The molecule has 6 heteroatoms. The average molecular weight is 301 g/mol. The van der Waals surface area contributed by atoms with Gasteiger partial charge < -0.3 is 10.4 Å². The van der Waals surface area contributed by atoms with Crippen LogP contribution in [0.3, 0.4) is 0 Å². The van der Waals surface area contributed by atoms with Crippen LogP contribution in [-0.2, 0) is 17.3 Å². The highest BCUT2D eigenvalue weighted by Crippen LogP contribution is 2.25. The van der Waals surface area contributed by atoms with Gasteiger partial charge in [-0.05, 0) is 44.5 Å². The molecule has 2 aromatic rings.